The molecule has 10 aliphatic rings. The van der Waals surface area contributed by atoms with E-state index in [9.17, 15) is 64.0 Å². The first kappa shape index (κ1) is 88.7. The Morgan fingerprint density at radius 2 is 0.916 bits per heavy atom. The molecule has 10 fully saturated rings. The second kappa shape index (κ2) is 37.6. The summed E-state index contributed by atoms with van der Waals surface area (Å²) in [6, 6.07) is 9.55. The summed E-state index contributed by atoms with van der Waals surface area (Å²) in [5.41, 5.74) is -3.84. The minimum atomic E-state index is -3.93. The lowest BCUT2D eigenvalue weighted by molar-refractivity contribution is -0.143. The molecule has 0 unspecified atom stereocenters. The number of carbonyl (C=O) groups excluding carboxylic acids is 8. The van der Waals surface area contributed by atoms with Crippen molar-refractivity contribution in [3.63, 3.8) is 0 Å². The van der Waals surface area contributed by atoms with Crippen LogP contribution in [0.15, 0.2) is 86.0 Å². The number of ether oxygens (including phenoxy) is 4. The fraction of sp³-hybridized carbons (Fsp3) is 0.600. The maximum atomic E-state index is 14.7. The van der Waals surface area contributed by atoms with Gasteiger partial charge < -0.3 is 81.5 Å². The van der Waals surface area contributed by atoms with Crippen LogP contribution in [0.4, 0.5) is 47.5 Å². The van der Waals surface area contributed by atoms with Crippen molar-refractivity contribution < 1.29 is 82.9 Å². The molecule has 0 bridgehead atoms. The van der Waals surface area contributed by atoms with Crippen LogP contribution in [0.1, 0.15) is 144 Å². The number of likely N-dealkylation sites (tertiary alicyclic amines) is 2. The molecular formula is C80H109ClF2N18O16S2. The van der Waals surface area contributed by atoms with Crippen molar-refractivity contribution in [3.8, 4) is 11.8 Å². The molecule has 11 N–H and O–H groups in total. The van der Waals surface area contributed by atoms with Crippen LogP contribution in [-0.4, -0.2) is 230 Å². The van der Waals surface area contributed by atoms with E-state index in [0.29, 0.717) is 56.0 Å². The summed E-state index contributed by atoms with van der Waals surface area (Å²) in [4.78, 5) is 134. The predicted molar refractivity (Wildman–Crippen MR) is 437 cm³/mol. The van der Waals surface area contributed by atoms with Crippen LogP contribution in [-0.2, 0) is 58.3 Å². The Morgan fingerprint density at radius 1 is 0.538 bits per heavy atom. The Balaban J connectivity index is 0.000000204. The lowest BCUT2D eigenvalue weighted by Crippen LogP contribution is -2.60. The maximum absolute atomic E-state index is 14.7. The molecule has 6 saturated carbocycles. The highest BCUT2D eigenvalue weighted by Gasteiger charge is 2.64. The number of nitrogens with zero attached hydrogens (tertiary/aromatic N) is 7. The van der Waals surface area contributed by atoms with E-state index < -0.39 is 160 Å². The number of hydrogen-bond donors (Lipinski definition) is 11. The van der Waals surface area contributed by atoms with Crippen molar-refractivity contribution in [1.82, 2.24) is 76.4 Å². The molecule has 34 nitrogen and oxygen atoms in total. The minimum absolute atomic E-state index is 0.0127. The highest BCUT2D eigenvalue weighted by molar-refractivity contribution is 7.91. The van der Waals surface area contributed by atoms with Gasteiger partial charge in [0.25, 0.3) is 11.8 Å². The molecular weight excluding hydrogens is 1610 g/mol. The van der Waals surface area contributed by atoms with Crippen LogP contribution in [0.25, 0.3) is 0 Å². The number of rotatable bonds is 27. The first-order valence-electron chi connectivity index (χ1n) is 40.8. The molecule has 10 atom stereocenters. The van der Waals surface area contributed by atoms with Gasteiger partial charge in [-0.1, -0.05) is 65.3 Å². The van der Waals surface area contributed by atoms with Gasteiger partial charge in [0.15, 0.2) is 0 Å². The van der Waals surface area contributed by atoms with Gasteiger partial charge in [0, 0.05) is 101 Å². The maximum Gasteiger partial charge on any atom is 0.408 e. The molecule has 8 amide bonds. The molecule has 4 saturated heterocycles. The quantitative estimate of drug-likeness (QED) is 0.0235. The standard InChI is InChI=1S/C40H54FN9O8S.C36H45ClFN7O8S.C4H10N2/c1-5-24-22-40(24,36(53)48-59(55,56)29-14-15-29)47-34(51)30-20-28(23-50(30)35(52)33(39(2,3)4)46-38(54)58-27-8-6-7-9-27)57-32-21-31(49-18-16-42-17-19-49)44-37(45-32)43-26-12-10-25(41)11-13-26;1-5-20-18-36(20,32(48)44-54(50,51)25-14-15-25)43-30(46)26-16-24(52-28-17-27(37)40-33(41-28)39-22-12-10-21(38)11-13-22)19-45(26)31(47)29(35(2,3)4)42-34(49)53-23-8-6-7-9-23;1-2-6-4-3-5-1/h5,10-13,21,24,27-30,33,42H,1,6-9,14-20,22-23H2,2-4H3,(H,46,54)(H,47,51)(H,48,53)(H,43,44,45);5,10-13,17,20,23-26,29H,1,6-9,14-16,18-19H2,2-4H3,(H,42,49)(H,43,46)(H,44,48)(H,39,40,41);5-6H,1-4H2/t24-,28-,30+,33-,40-;20-,24-,26+,29-,36-;/m11./s1. The summed E-state index contributed by atoms with van der Waals surface area (Å²) in [7, 11) is -7.86. The number of alkyl carbamates (subject to hydrolysis) is 2. The lowest BCUT2D eigenvalue weighted by atomic mass is 9.85. The van der Waals surface area contributed by atoms with Crippen LogP contribution < -0.4 is 71.7 Å². The number of amides is 8. The molecule has 2 aromatic heterocycles. The third kappa shape index (κ3) is 23.1. The van der Waals surface area contributed by atoms with E-state index in [1.807, 2.05) is 0 Å². The van der Waals surface area contributed by atoms with Crippen molar-refractivity contribution in [2.75, 3.05) is 81.0 Å². The average Bonchev–Trinajstić information content (AvgIpc) is 1.58. The van der Waals surface area contributed by atoms with E-state index >= 15 is 0 Å². The molecule has 6 aliphatic carbocycles. The van der Waals surface area contributed by atoms with Crippen LogP contribution in [0.3, 0.4) is 0 Å². The largest absolute Gasteiger partial charge is 0.472 e. The van der Waals surface area contributed by atoms with E-state index in [0.717, 1.165) is 90.6 Å². The van der Waals surface area contributed by atoms with Gasteiger partial charge in [-0.05, 0) is 149 Å². The second-order valence-corrected chi connectivity index (χ2v) is 38.4. The van der Waals surface area contributed by atoms with Gasteiger partial charge in [-0.2, -0.15) is 15.0 Å². The topological polar surface area (TPSA) is 435 Å². The summed E-state index contributed by atoms with van der Waals surface area (Å²) in [6.07, 6.45) is 7.88. The van der Waals surface area contributed by atoms with Gasteiger partial charge >= 0.3 is 12.2 Å². The van der Waals surface area contributed by atoms with Gasteiger partial charge in [0.1, 0.15) is 82.3 Å². The van der Waals surface area contributed by atoms with Crippen LogP contribution >= 0.6 is 11.6 Å². The molecule has 0 spiro atoms. The lowest BCUT2D eigenvalue weighted by Gasteiger charge is -2.35. The fourth-order valence-electron chi connectivity index (χ4n) is 15.4. The van der Waals surface area contributed by atoms with Crippen molar-refractivity contribution >= 4 is 108 Å². The molecule has 4 aromatic rings. The number of aromatic nitrogens is 4. The number of hydrogen-bond acceptors (Lipinski definition) is 26. The predicted octanol–water partition coefficient (Wildman–Crippen LogP) is 6.16. The van der Waals surface area contributed by atoms with Gasteiger partial charge in [0.05, 0.1) is 23.6 Å². The summed E-state index contributed by atoms with van der Waals surface area (Å²) >= 11 is 6.29. The Kier molecular flexibility index (Phi) is 28.0. The molecule has 14 rings (SSSR count). The molecule has 2 aromatic carbocycles. The first-order valence-corrected chi connectivity index (χ1v) is 44.2. The monoisotopic (exact) mass is 1710 g/mol. The van der Waals surface area contributed by atoms with E-state index in [1.54, 1.807) is 59.7 Å². The van der Waals surface area contributed by atoms with E-state index in [1.165, 1.54) is 64.4 Å². The van der Waals surface area contributed by atoms with Gasteiger partial charge in [-0.3, -0.25) is 38.2 Å². The third-order valence-electron chi connectivity index (χ3n) is 22.6. The third-order valence-corrected chi connectivity index (χ3v) is 26.5. The minimum Gasteiger partial charge on any atom is -0.472 e. The zero-order valence-corrected chi connectivity index (χ0v) is 70.2. The molecule has 119 heavy (non-hydrogen) atoms. The Morgan fingerprint density at radius 3 is 1.28 bits per heavy atom. The van der Waals surface area contributed by atoms with Gasteiger partial charge in [-0.15, -0.1) is 13.2 Å². The Bertz CT molecular complexity index is 4610. The Labute approximate surface area is 696 Å². The number of carbonyl (C=O) groups is 8. The van der Waals surface area contributed by atoms with Crippen LogP contribution in [0, 0.1) is 34.3 Å². The highest BCUT2D eigenvalue weighted by atomic mass is 35.5. The number of benzene rings is 2. The molecule has 6 heterocycles. The first-order chi connectivity index (χ1) is 56.5. The summed E-state index contributed by atoms with van der Waals surface area (Å²) in [6.45, 7) is 25.3. The normalized spacial score (nSPS) is 24.8. The van der Waals surface area contributed by atoms with Crippen LogP contribution in [0.5, 0.6) is 11.8 Å². The number of anilines is 5. The van der Waals surface area contributed by atoms with E-state index in [-0.39, 0.29) is 79.8 Å². The molecule has 39 heteroatoms. The number of sulfonamides is 2. The summed E-state index contributed by atoms with van der Waals surface area (Å²) in [5.74, 6) is -5.31. The van der Waals surface area contributed by atoms with Crippen molar-refractivity contribution in [2.24, 2.45) is 22.7 Å². The van der Waals surface area contributed by atoms with Crippen molar-refractivity contribution in [2.45, 2.75) is 214 Å². The van der Waals surface area contributed by atoms with E-state index in [2.05, 4.69) is 90.3 Å². The highest BCUT2D eigenvalue weighted by Crippen LogP contribution is 2.48. The fourth-order valence-corrected chi connectivity index (χ4v) is 18.3. The van der Waals surface area contributed by atoms with Crippen molar-refractivity contribution in [1.29, 1.82) is 0 Å². The SMILES string of the molecule is C1CNCCN1.C=C[C@@H]1C[C@]1(NC(=O)[C@@H]1C[C@@H](Oc2cc(Cl)nc(Nc3ccc(F)cc3)n2)CN1C(=O)[C@@H](NC(=O)OC1CCCC1)C(C)(C)C)C(=O)NS(=O)(=O)C1CC1.C=C[C@@H]1C[C@]1(NC(=O)[C@@H]1C[C@@H](Oc2cc(N3CCNCC3)nc(Nc3ccc(F)cc3)n2)CN1C(=O)[C@@H](NC(=O)OC1CCCC1)C(C)(C)C)C(=O)NS(=O)(=O)C1CC1. The van der Waals surface area contributed by atoms with Crippen molar-refractivity contribution in [3.05, 3.63) is 103 Å². The average molecular weight is 1720 g/mol. The summed E-state index contributed by atoms with van der Waals surface area (Å²) < 4.78 is 106. The molecule has 648 valence electrons. The van der Waals surface area contributed by atoms with Gasteiger partial charge in [-0.25, -0.2) is 40.2 Å². The smallest absolute Gasteiger partial charge is 0.408 e. The second-order valence-electron chi connectivity index (χ2n) is 34.1. The number of halogens is 3. The summed E-state index contributed by atoms with van der Waals surface area (Å²) in [5, 5.41) is 25.5. The van der Waals surface area contributed by atoms with Crippen LogP contribution in [0.2, 0.25) is 5.15 Å². The number of nitrogens with one attached hydrogen (secondary N) is 11. The molecule has 0 radical (unpaired) electrons. The Hall–Kier alpha value is -9.63. The zero-order valence-electron chi connectivity index (χ0n) is 67.8. The zero-order chi connectivity index (χ0) is 85.4. The molecule has 4 aliphatic heterocycles. The van der Waals surface area contributed by atoms with E-state index in [4.69, 9.17) is 35.5 Å². The van der Waals surface area contributed by atoms with Gasteiger partial charge in [0.2, 0.25) is 67.3 Å². The number of piperazine rings is 2.